The SMILES string of the molecule is CC(C)(C)C(=O)c1c[nH]c2ncc(-c3cccc(CN4CCn5c(nnc5C(F)(F)F)C4)c3)nc12.CC(C)(C)C(=O)c1c[nH]c2ncc(N3Cc4ccccc4C3)nc12. The van der Waals surface area contributed by atoms with E-state index in [-0.39, 0.29) is 24.7 Å². The fraction of sp³-hybridized carbons (Fsp3) is 0.349. The van der Waals surface area contributed by atoms with E-state index in [1.165, 1.54) is 11.1 Å². The molecule has 16 heteroatoms. The first-order chi connectivity index (χ1) is 27.9. The summed E-state index contributed by atoms with van der Waals surface area (Å²) in [6.45, 7) is 14.4. The summed E-state index contributed by atoms with van der Waals surface area (Å²) in [7, 11) is 0. The molecule has 0 saturated heterocycles. The number of nitrogens with zero attached hydrogens (tertiary/aromatic N) is 9. The molecule has 0 aliphatic carbocycles. The molecule has 9 rings (SSSR count). The van der Waals surface area contributed by atoms with Crippen molar-refractivity contribution in [1.82, 2.24) is 49.6 Å². The number of benzene rings is 2. The standard InChI is InChI=1S/C24H24F3N7O.C19H20N4O/c1-23(2,3)20(35)16-10-28-21-19(16)30-17(11-29-21)15-6-4-5-14(9-15)12-33-7-8-34-18(13-33)31-32-22(34)24(25,26)27;1-19(2,3)17(24)14-8-20-18-16(14)22-15(9-21-18)23-10-12-6-4-5-7-13(12)11-23/h4-6,9-11H,7-8,12-13H2,1-3H3,(H,28,29);4-9H,10-11H2,1-3H3,(H,20,21). The molecule has 0 radical (unpaired) electrons. The van der Waals surface area contributed by atoms with Crippen molar-refractivity contribution >= 4 is 39.7 Å². The molecule has 0 amide bonds. The summed E-state index contributed by atoms with van der Waals surface area (Å²) in [6.07, 6.45) is 2.29. The van der Waals surface area contributed by atoms with Crippen LogP contribution in [-0.4, -0.2) is 67.7 Å². The molecule has 59 heavy (non-hydrogen) atoms. The van der Waals surface area contributed by atoms with Crippen LogP contribution in [0.1, 0.15) is 90.6 Å². The minimum atomic E-state index is -4.51. The Balaban J connectivity index is 0.000000176. The highest BCUT2D eigenvalue weighted by atomic mass is 19.4. The average Bonchev–Trinajstić information content (AvgIpc) is 4.00. The third kappa shape index (κ3) is 7.96. The van der Waals surface area contributed by atoms with Gasteiger partial charge in [-0.25, -0.2) is 19.9 Å². The van der Waals surface area contributed by atoms with Gasteiger partial charge in [0.05, 0.1) is 35.8 Å². The smallest absolute Gasteiger partial charge is 0.347 e. The van der Waals surface area contributed by atoms with Gasteiger partial charge in [-0.15, -0.1) is 10.2 Å². The van der Waals surface area contributed by atoms with E-state index in [4.69, 9.17) is 9.97 Å². The molecule has 0 atom stereocenters. The second-order valence-corrected chi connectivity index (χ2v) is 17.1. The van der Waals surface area contributed by atoms with Crippen LogP contribution in [0.25, 0.3) is 33.6 Å². The third-order valence-corrected chi connectivity index (χ3v) is 10.5. The van der Waals surface area contributed by atoms with Gasteiger partial charge in [0.2, 0.25) is 5.82 Å². The Morgan fingerprint density at radius 3 is 1.95 bits per heavy atom. The molecule has 2 aliphatic rings. The highest BCUT2D eigenvalue weighted by molar-refractivity contribution is 6.09. The van der Waals surface area contributed by atoms with E-state index in [2.05, 4.69) is 59.3 Å². The predicted molar refractivity (Wildman–Crippen MR) is 216 cm³/mol. The number of Topliss-reactive ketones (excluding diaryl/α,β-unsaturated/α-hetero) is 2. The molecule has 0 fully saturated rings. The zero-order valence-electron chi connectivity index (χ0n) is 33.6. The monoisotopic (exact) mass is 803 g/mol. The van der Waals surface area contributed by atoms with Crippen molar-refractivity contribution < 1.29 is 22.8 Å². The van der Waals surface area contributed by atoms with Crippen LogP contribution < -0.4 is 4.90 Å². The Morgan fingerprint density at radius 2 is 1.34 bits per heavy atom. The number of aromatic amines is 2. The molecule has 304 valence electrons. The number of ketones is 2. The van der Waals surface area contributed by atoms with Crippen LogP contribution in [0, 0.1) is 10.8 Å². The number of fused-ring (bicyclic) bond motifs is 4. The first kappa shape index (κ1) is 39.5. The van der Waals surface area contributed by atoms with Crippen LogP contribution in [0.4, 0.5) is 19.0 Å². The average molecular weight is 804 g/mol. The molecule has 7 aromatic rings. The molecule has 5 aromatic heterocycles. The van der Waals surface area contributed by atoms with Crippen molar-refractivity contribution in [3.63, 3.8) is 0 Å². The molecule has 2 N–H and O–H groups in total. The number of hydrogen-bond donors (Lipinski definition) is 2. The summed E-state index contributed by atoms with van der Waals surface area (Å²) in [5.74, 6) is 0.221. The molecule has 0 spiro atoms. The van der Waals surface area contributed by atoms with Crippen molar-refractivity contribution in [2.75, 3.05) is 11.4 Å². The minimum Gasteiger partial charge on any atom is -0.347 e. The fourth-order valence-electron chi connectivity index (χ4n) is 7.35. The van der Waals surface area contributed by atoms with Gasteiger partial charge in [0.1, 0.15) is 22.7 Å². The van der Waals surface area contributed by atoms with Gasteiger partial charge in [-0.3, -0.25) is 14.5 Å². The van der Waals surface area contributed by atoms with Crippen LogP contribution in [0.2, 0.25) is 0 Å². The van der Waals surface area contributed by atoms with Gasteiger partial charge >= 0.3 is 6.18 Å². The van der Waals surface area contributed by atoms with Gasteiger partial charge in [-0.1, -0.05) is 84.0 Å². The number of alkyl halides is 3. The molecule has 0 saturated carbocycles. The number of hydrogen-bond acceptors (Lipinski definition) is 10. The summed E-state index contributed by atoms with van der Waals surface area (Å²) >= 11 is 0. The normalized spacial score (nSPS) is 14.6. The second-order valence-electron chi connectivity index (χ2n) is 17.1. The summed E-state index contributed by atoms with van der Waals surface area (Å²) in [6, 6.07) is 16.2. The lowest BCUT2D eigenvalue weighted by molar-refractivity contribution is -0.148. The number of carbonyl (C=O) groups is 2. The van der Waals surface area contributed by atoms with Gasteiger partial charge in [-0.05, 0) is 22.8 Å². The molecule has 13 nitrogen and oxygen atoms in total. The highest BCUT2D eigenvalue weighted by Gasteiger charge is 2.39. The van der Waals surface area contributed by atoms with Gasteiger partial charge in [0.15, 0.2) is 22.9 Å². The zero-order chi connectivity index (χ0) is 41.9. The Bertz CT molecular complexity index is 2690. The third-order valence-electron chi connectivity index (χ3n) is 10.5. The maximum Gasteiger partial charge on any atom is 0.451 e. The van der Waals surface area contributed by atoms with Crippen LogP contribution in [0.3, 0.4) is 0 Å². The predicted octanol–water partition coefficient (Wildman–Crippen LogP) is 8.19. The molecular formula is C43H44F3N11O2. The quantitative estimate of drug-likeness (QED) is 0.157. The largest absolute Gasteiger partial charge is 0.451 e. The van der Waals surface area contributed by atoms with E-state index in [0.717, 1.165) is 34.6 Å². The highest BCUT2D eigenvalue weighted by Crippen LogP contribution is 2.32. The summed E-state index contributed by atoms with van der Waals surface area (Å²) < 4.78 is 40.4. The van der Waals surface area contributed by atoms with Gasteiger partial charge in [0.25, 0.3) is 0 Å². The molecule has 2 aromatic carbocycles. The van der Waals surface area contributed by atoms with Crippen LogP contribution >= 0.6 is 0 Å². The first-order valence-corrected chi connectivity index (χ1v) is 19.3. The van der Waals surface area contributed by atoms with E-state index in [1.54, 1.807) is 24.8 Å². The molecule has 2 aliphatic heterocycles. The molecule has 0 bridgehead atoms. The minimum absolute atomic E-state index is 0.0180. The van der Waals surface area contributed by atoms with E-state index >= 15 is 0 Å². The van der Waals surface area contributed by atoms with Crippen molar-refractivity contribution in [3.8, 4) is 11.3 Å². The number of rotatable bonds is 6. The van der Waals surface area contributed by atoms with E-state index in [1.807, 2.05) is 70.7 Å². The lowest BCUT2D eigenvalue weighted by Crippen LogP contribution is -2.34. The molecule has 0 unspecified atom stereocenters. The summed E-state index contributed by atoms with van der Waals surface area (Å²) in [5, 5.41) is 7.08. The number of halogens is 3. The van der Waals surface area contributed by atoms with Crippen molar-refractivity contribution in [1.29, 1.82) is 0 Å². The van der Waals surface area contributed by atoms with E-state index < -0.39 is 22.8 Å². The lowest BCUT2D eigenvalue weighted by atomic mass is 9.87. The number of aromatic nitrogens is 9. The maximum absolute atomic E-state index is 13.1. The van der Waals surface area contributed by atoms with Crippen molar-refractivity contribution in [2.45, 2.75) is 80.4 Å². The summed E-state index contributed by atoms with van der Waals surface area (Å²) in [4.78, 5) is 54.2. The second kappa shape index (κ2) is 14.8. The molecule has 7 heterocycles. The lowest BCUT2D eigenvalue weighted by Gasteiger charge is -2.28. The fourth-order valence-corrected chi connectivity index (χ4v) is 7.35. The maximum atomic E-state index is 13.1. The number of carbonyl (C=O) groups excluding carboxylic acids is 2. The number of H-pyrrole nitrogens is 2. The van der Waals surface area contributed by atoms with Gasteiger partial charge in [-0.2, -0.15) is 13.2 Å². The van der Waals surface area contributed by atoms with Crippen LogP contribution in [-0.2, 0) is 38.9 Å². The van der Waals surface area contributed by atoms with Crippen molar-refractivity contribution in [3.05, 3.63) is 113 Å². The van der Waals surface area contributed by atoms with Crippen LogP contribution in [0.5, 0.6) is 0 Å². The van der Waals surface area contributed by atoms with E-state index in [9.17, 15) is 22.8 Å². The Kier molecular flexibility index (Phi) is 9.93. The van der Waals surface area contributed by atoms with Gasteiger partial charge in [0, 0.05) is 61.5 Å². The first-order valence-electron chi connectivity index (χ1n) is 19.3. The zero-order valence-corrected chi connectivity index (χ0v) is 33.6. The Morgan fingerprint density at radius 1 is 0.729 bits per heavy atom. The van der Waals surface area contributed by atoms with Gasteiger partial charge < -0.3 is 19.4 Å². The number of anilines is 1. The molecular weight excluding hydrogens is 760 g/mol. The van der Waals surface area contributed by atoms with Crippen LogP contribution in [0.15, 0.2) is 73.3 Å². The number of nitrogens with one attached hydrogen (secondary N) is 2. The van der Waals surface area contributed by atoms with Crippen molar-refractivity contribution in [2.24, 2.45) is 10.8 Å². The summed E-state index contributed by atoms with van der Waals surface area (Å²) in [5.41, 5.74) is 7.61. The Hall–Kier alpha value is -6.29. The Labute approximate surface area is 338 Å². The topological polar surface area (TPSA) is 154 Å². The van der Waals surface area contributed by atoms with E-state index in [0.29, 0.717) is 58.1 Å².